The second-order valence-electron chi connectivity index (χ2n) is 1.87. The molecule has 0 radical (unpaired) electrons. The fraction of sp³-hybridized carbons (Fsp3) is 0. The molecule has 1 rings (SSSR count). The normalized spacial score (nSPS) is 7.92. The SMILES string of the molecule is N.N#[N+]c1ccc([N+](=O)[O-])cc1. The summed E-state index contributed by atoms with van der Waals surface area (Å²) >= 11 is 0. The van der Waals surface area contributed by atoms with Crippen LogP contribution < -0.4 is 6.15 Å². The summed E-state index contributed by atoms with van der Waals surface area (Å²) in [7, 11) is 0. The van der Waals surface area contributed by atoms with Crippen molar-refractivity contribution >= 4 is 11.4 Å². The molecule has 62 valence electrons. The van der Waals surface area contributed by atoms with Crippen molar-refractivity contribution in [3.05, 3.63) is 39.4 Å². The first kappa shape index (κ1) is 10.0. The first-order chi connectivity index (χ1) is 5.24. The zero-order valence-corrected chi connectivity index (χ0v) is 6.17. The zero-order valence-electron chi connectivity index (χ0n) is 6.17. The van der Waals surface area contributed by atoms with Crippen molar-refractivity contribution in [2.75, 3.05) is 0 Å². The maximum Gasteiger partial charge on any atom is 0.385 e. The molecule has 0 aliphatic carbocycles. The van der Waals surface area contributed by atoms with Gasteiger partial charge in [-0.3, -0.25) is 10.1 Å². The summed E-state index contributed by atoms with van der Waals surface area (Å²) in [6, 6.07) is 5.26. The number of rotatable bonds is 1. The van der Waals surface area contributed by atoms with E-state index in [-0.39, 0.29) is 11.8 Å². The fourth-order valence-corrected chi connectivity index (χ4v) is 0.641. The van der Waals surface area contributed by atoms with Crippen molar-refractivity contribution in [2.45, 2.75) is 0 Å². The lowest BCUT2D eigenvalue weighted by atomic mass is 10.3. The van der Waals surface area contributed by atoms with Gasteiger partial charge in [0.25, 0.3) is 5.69 Å². The molecule has 0 aliphatic heterocycles. The maximum atomic E-state index is 10.1. The van der Waals surface area contributed by atoms with Gasteiger partial charge in [-0.05, 0) is 0 Å². The minimum absolute atomic E-state index is 0. The predicted molar refractivity (Wildman–Crippen MR) is 42.9 cm³/mol. The molecule has 0 heterocycles. The lowest BCUT2D eigenvalue weighted by Crippen LogP contribution is -1.85. The fourth-order valence-electron chi connectivity index (χ4n) is 0.641. The highest BCUT2D eigenvalue weighted by Crippen LogP contribution is 2.16. The van der Waals surface area contributed by atoms with E-state index in [1.165, 1.54) is 24.3 Å². The van der Waals surface area contributed by atoms with Crippen LogP contribution in [0.5, 0.6) is 0 Å². The Balaban J connectivity index is 0.00000121. The Labute approximate surface area is 68.2 Å². The van der Waals surface area contributed by atoms with E-state index in [0.717, 1.165) is 0 Å². The van der Waals surface area contributed by atoms with Crippen LogP contribution in [-0.2, 0) is 0 Å². The van der Waals surface area contributed by atoms with E-state index >= 15 is 0 Å². The van der Waals surface area contributed by atoms with Gasteiger partial charge in [0.15, 0.2) is 4.98 Å². The molecule has 0 atom stereocenters. The number of benzene rings is 1. The smallest absolute Gasteiger partial charge is 0.344 e. The molecule has 0 saturated heterocycles. The zero-order chi connectivity index (χ0) is 8.27. The first-order valence-corrected chi connectivity index (χ1v) is 2.83. The average molecular weight is 167 g/mol. The second kappa shape index (κ2) is 4.00. The Morgan fingerprint density at radius 3 is 2.17 bits per heavy atom. The van der Waals surface area contributed by atoms with E-state index in [4.69, 9.17) is 5.39 Å². The molecular weight excluding hydrogens is 160 g/mol. The van der Waals surface area contributed by atoms with E-state index in [0.29, 0.717) is 5.69 Å². The molecule has 0 bridgehead atoms. The van der Waals surface area contributed by atoms with E-state index in [1.807, 2.05) is 0 Å². The summed E-state index contributed by atoms with van der Waals surface area (Å²) in [6.07, 6.45) is 0. The summed E-state index contributed by atoms with van der Waals surface area (Å²) in [6.45, 7) is 0. The maximum absolute atomic E-state index is 10.1. The molecule has 0 amide bonds. The Hall–Kier alpha value is -2.00. The Morgan fingerprint density at radius 1 is 1.33 bits per heavy atom. The molecule has 0 aliphatic rings. The van der Waals surface area contributed by atoms with Gasteiger partial charge in [0.2, 0.25) is 5.39 Å². The third-order valence-corrected chi connectivity index (χ3v) is 1.18. The van der Waals surface area contributed by atoms with E-state index in [2.05, 4.69) is 4.98 Å². The summed E-state index contributed by atoms with van der Waals surface area (Å²) in [4.78, 5) is 12.4. The highest BCUT2D eigenvalue weighted by molar-refractivity contribution is 5.48. The average Bonchev–Trinajstić information content (AvgIpc) is 2.05. The van der Waals surface area contributed by atoms with Crippen molar-refractivity contribution in [3.8, 4) is 0 Å². The third-order valence-electron chi connectivity index (χ3n) is 1.18. The van der Waals surface area contributed by atoms with Crippen molar-refractivity contribution < 1.29 is 4.92 Å². The summed E-state index contributed by atoms with van der Waals surface area (Å²) in [5.74, 6) is 0. The Bertz CT molecular complexity index is 313. The second-order valence-corrected chi connectivity index (χ2v) is 1.87. The van der Waals surface area contributed by atoms with E-state index in [9.17, 15) is 10.1 Å². The van der Waals surface area contributed by atoms with Crippen LogP contribution in [0.4, 0.5) is 11.4 Å². The van der Waals surface area contributed by atoms with Gasteiger partial charge in [-0.25, -0.2) is 0 Å². The molecule has 12 heavy (non-hydrogen) atoms. The molecule has 6 nitrogen and oxygen atoms in total. The molecule has 0 aromatic heterocycles. The van der Waals surface area contributed by atoms with Crippen molar-refractivity contribution in [3.63, 3.8) is 0 Å². The highest BCUT2D eigenvalue weighted by Gasteiger charge is 2.08. The third kappa shape index (κ3) is 2.00. The minimum Gasteiger partial charge on any atom is -0.344 e. The highest BCUT2D eigenvalue weighted by atomic mass is 16.6. The van der Waals surface area contributed by atoms with Gasteiger partial charge in [-0.2, -0.15) is 0 Å². The standard InChI is InChI=1S/C6H4N3O2.H3N/c7-8-5-1-3-6(4-2-5)9(10)11;/h1-4H;1H3/q+1;. The number of hydrogen-bond acceptors (Lipinski definition) is 4. The molecule has 0 saturated carbocycles. The Kier molecular flexibility index (Phi) is 3.33. The lowest BCUT2D eigenvalue weighted by molar-refractivity contribution is -0.384. The molecule has 0 spiro atoms. The molecular formula is C6H7N4O2+. The van der Waals surface area contributed by atoms with Crippen LogP contribution in [0.2, 0.25) is 0 Å². The molecule has 1 aromatic rings. The summed E-state index contributed by atoms with van der Waals surface area (Å²) in [5, 5.41) is 18.3. The number of nitro benzene ring substituents is 1. The van der Waals surface area contributed by atoms with Gasteiger partial charge >= 0.3 is 5.69 Å². The van der Waals surface area contributed by atoms with Gasteiger partial charge < -0.3 is 6.15 Å². The summed E-state index contributed by atoms with van der Waals surface area (Å²) < 4.78 is 0. The van der Waals surface area contributed by atoms with E-state index in [1.54, 1.807) is 0 Å². The molecule has 3 N–H and O–H groups in total. The van der Waals surface area contributed by atoms with Gasteiger partial charge in [0, 0.05) is 24.3 Å². The van der Waals surface area contributed by atoms with Gasteiger partial charge in [0.1, 0.15) is 0 Å². The van der Waals surface area contributed by atoms with Crippen molar-refractivity contribution in [1.82, 2.24) is 6.15 Å². The monoisotopic (exact) mass is 167 g/mol. The number of nitrogens with zero attached hydrogens (tertiary/aromatic N) is 3. The van der Waals surface area contributed by atoms with Crippen LogP contribution in [0, 0.1) is 15.5 Å². The van der Waals surface area contributed by atoms with Gasteiger partial charge in [0.05, 0.1) is 4.92 Å². The minimum atomic E-state index is -0.513. The molecule has 1 aromatic carbocycles. The van der Waals surface area contributed by atoms with Crippen molar-refractivity contribution in [2.24, 2.45) is 0 Å². The largest absolute Gasteiger partial charge is 0.385 e. The number of hydrogen-bond donors (Lipinski definition) is 1. The number of nitro groups is 1. The number of diazo groups is 1. The Morgan fingerprint density at radius 2 is 1.83 bits per heavy atom. The first-order valence-electron chi connectivity index (χ1n) is 2.83. The van der Waals surface area contributed by atoms with Crippen LogP contribution in [0.3, 0.4) is 0 Å². The van der Waals surface area contributed by atoms with Crippen LogP contribution >= 0.6 is 0 Å². The van der Waals surface area contributed by atoms with Gasteiger partial charge in [-0.1, -0.05) is 0 Å². The molecule has 6 heteroatoms. The quantitative estimate of drug-likeness (QED) is 0.393. The van der Waals surface area contributed by atoms with Crippen LogP contribution in [0.25, 0.3) is 4.98 Å². The van der Waals surface area contributed by atoms with Crippen LogP contribution in [-0.4, -0.2) is 4.92 Å². The summed E-state index contributed by atoms with van der Waals surface area (Å²) in [5.41, 5.74) is 0.285. The topological polar surface area (TPSA) is 106 Å². The lowest BCUT2D eigenvalue weighted by Gasteiger charge is -1.84. The number of non-ortho nitro benzene ring substituents is 1. The van der Waals surface area contributed by atoms with Crippen LogP contribution in [0.15, 0.2) is 24.3 Å². The van der Waals surface area contributed by atoms with Crippen LogP contribution in [0.1, 0.15) is 0 Å². The van der Waals surface area contributed by atoms with Gasteiger partial charge in [-0.15, -0.1) is 0 Å². The van der Waals surface area contributed by atoms with E-state index < -0.39 is 4.92 Å². The molecule has 0 unspecified atom stereocenters. The van der Waals surface area contributed by atoms with Crippen molar-refractivity contribution in [1.29, 1.82) is 5.39 Å². The molecule has 0 fully saturated rings. The predicted octanol–water partition coefficient (Wildman–Crippen LogP) is 2.24.